The van der Waals surface area contributed by atoms with Crippen molar-refractivity contribution in [1.82, 2.24) is 0 Å². The van der Waals surface area contributed by atoms with Crippen LogP contribution in [0.2, 0.25) is 5.02 Å². The Bertz CT molecular complexity index is 965. The number of para-hydroxylation sites is 1. The molecule has 0 aromatic heterocycles. The van der Waals surface area contributed by atoms with Crippen LogP contribution >= 0.6 is 23.4 Å². The first-order chi connectivity index (χ1) is 13.5. The number of amides is 1. The Kier molecular flexibility index (Phi) is 4.93. The molecular weight excluding hydrogens is 396 g/mol. The van der Waals surface area contributed by atoms with Gasteiger partial charge in [-0.2, -0.15) is 10.1 Å². The third-order valence-electron chi connectivity index (χ3n) is 5.22. The number of nitrogens with zero attached hydrogens (tertiary/aromatic N) is 2. The van der Waals surface area contributed by atoms with Gasteiger partial charge < -0.3 is 4.74 Å². The minimum Gasteiger partial charge on any atom is -0.460 e. The standard InChI is InChI=1S/C21H19ClN2O3S/c1-13-21(20(26)24(23-13)17-11-7-6-10-16(17)22)18(27-14(2)25)12-28-19(21)15-8-4-3-5-9-15/h3-11,18-19H,12H2,1-2H3/t18-,19-,21+/m1/s1. The lowest BCUT2D eigenvalue weighted by Crippen LogP contribution is -2.50. The van der Waals surface area contributed by atoms with Gasteiger partial charge in [0, 0.05) is 12.7 Å². The molecule has 1 amide bonds. The van der Waals surface area contributed by atoms with E-state index in [0.717, 1.165) is 5.56 Å². The predicted molar refractivity (Wildman–Crippen MR) is 112 cm³/mol. The second kappa shape index (κ2) is 7.26. The Morgan fingerprint density at radius 2 is 1.89 bits per heavy atom. The molecule has 0 saturated carbocycles. The molecular formula is C21H19ClN2O3S. The van der Waals surface area contributed by atoms with Gasteiger partial charge in [0.05, 0.1) is 21.7 Å². The molecule has 7 heteroatoms. The molecule has 1 saturated heterocycles. The molecule has 0 unspecified atom stereocenters. The fraction of sp³-hybridized carbons (Fsp3) is 0.286. The summed E-state index contributed by atoms with van der Waals surface area (Å²) in [6.45, 7) is 3.19. The Labute approximate surface area is 172 Å². The molecule has 28 heavy (non-hydrogen) atoms. The Hall–Kier alpha value is -2.31. The number of ether oxygens (including phenoxy) is 1. The van der Waals surface area contributed by atoms with Crippen molar-refractivity contribution in [2.75, 3.05) is 10.8 Å². The van der Waals surface area contributed by atoms with Crippen molar-refractivity contribution in [3.8, 4) is 0 Å². The van der Waals surface area contributed by atoms with E-state index in [0.29, 0.717) is 22.2 Å². The van der Waals surface area contributed by atoms with Crippen LogP contribution in [-0.4, -0.2) is 29.4 Å². The lowest BCUT2D eigenvalue weighted by atomic mass is 9.73. The number of carbonyl (C=O) groups excluding carboxylic acids is 2. The number of thioether (sulfide) groups is 1. The summed E-state index contributed by atoms with van der Waals surface area (Å²) < 4.78 is 5.63. The van der Waals surface area contributed by atoms with Crippen molar-refractivity contribution in [2.24, 2.45) is 10.5 Å². The fourth-order valence-electron chi connectivity index (χ4n) is 4.00. The summed E-state index contributed by atoms with van der Waals surface area (Å²) in [5, 5.41) is 6.17. The van der Waals surface area contributed by atoms with E-state index in [1.165, 1.54) is 11.9 Å². The minimum atomic E-state index is -1.06. The molecule has 0 radical (unpaired) electrons. The van der Waals surface area contributed by atoms with Crippen LogP contribution in [0.5, 0.6) is 0 Å². The smallest absolute Gasteiger partial charge is 0.302 e. The molecule has 0 bridgehead atoms. The van der Waals surface area contributed by atoms with Gasteiger partial charge in [0.15, 0.2) is 0 Å². The maximum atomic E-state index is 13.8. The molecule has 2 aliphatic heterocycles. The normalized spacial score (nSPS) is 26.6. The van der Waals surface area contributed by atoms with Crippen molar-refractivity contribution in [1.29, 1.82) is 0 Å². The van der Waals surface area contributed by atoms with Gasteiger partial charge >= 0.3 is 5.97 Å². The summed E-state index contributed by atoms with van der Waals surface area (Å²) in [4.78, 5) is 25.6. The number of hydrazone groups is 1. The Morgan fingerprint density at radius 1 is 1.21 bits per heavy atom. The molecule has 144 valence electrons. The van der Waals surface area contributed by atoms with Gasteiger partial charge in [0.1, 0.15) is 11.5 Å². The quantitative estimate of drug-likeness (QED) is 0.695. The highest BCUT2D eigenvalue weighted by Crippen LogP contribution is 2.58. The second-order valence-electron chi connectivity index (χ2n) is 6.84. The zero-order chi connectivity index (χ0) is 19.9. The first-order valence-corrected chi connectivity index (χ1v) is 10.4. The minimum absolute atomic E-state index is 0.207. The Balaban J connectivity index is 1.84. The van der Waals surface area contributed by atoms with Gasteiger partial charge in [-0.05, 0) is 24.6 Å². The average molecular weight is 415 g/mol. The maximum absolute atomic E-state index is 13.8. The van der Waals surface area contributed by atoms with Crippen LogP contribution < -0.4 is 5.01 Å². The Morgan fingerprint density at radius 3 is 2.57 bits per heavy atom. The van der Waals surface area contributed by atoms with E-state index in [-0.39, 0.29) is 11.2 Å². The molecule has 2 heterocycles. The van der Waals surface area contributed by atoms with Crippen molar-refractivity contribution in [3.05, 3.63) is 65.2 Å². The SMILES string of the molecule is CC(=O)O[C@@H]1CS[C@H](c2ccccc2)[C@@]12C(=O)N(c1ccccc1Cl)N=C2C. The van der Waals surface area contributed by atoms with E-state index in [4.69, 9.17) is 16.3 Å². The van der Waals surface area contributed by atoms with E-state index in [1.807, 2.05) is 43.3 Å². The summed E-state index contributed by atoms with van der Waals surface area (Å²) in [5.41, 5.74) is 1.10. The van der Waals surface area contributed by atoms with Gasteiger partial charge in [0.25, 0.3) is 5.91 Å². The highest BCUT2D eigenvalue weighted by molar-refractivity contribution is 8.00. The summed E-state index contributed by atoms with van der Waals surface area (Å²) >= 11 is 7.94. The third-order valence-corrected chi connectivity index (χ3v) is 7.01. The van der Waals surface area contributed by atoms with Crippen LogP contribution in [0.25, 0.3) is 0 Å². The summed E-state index contributed by atoms with van der Waals surface area (Å²) in [7, 11) is 0. The van der Waals surface area contributed by atoms with E-state index >= 15 is 0 Å². The summed E-state index contributed by atoms with van der Waals surface area (Å²) in [5.74, 6) is -0.104. The molecule has 3 atom stereocenters. The number of halogens is 1. The van der Waals surface area contributed by atoms with Crippen LogP contribution in [-0.2, 0) is 14.3 Å². The molecule has 1 fully saturated rings. The van der Waals surface area contributed by atoms with Crippen LogP contribution in [0.3, 0.4) is 0 Å². The number of hydrogen-bond donors (Lipinski definition) is 0. The van der Waals surface area contributed by atoms with Gasteiger partial charge in [-0.15, -0.1) is 11.8 Å². The zero-order valence-electron chi connectivity index (χ0n) is 15.5. The average Bonchev–Trinajstić information content (AvgIpc) is 3.17. The molecule has 2 aromatic rings. The highest BCUT2D eigenvalue weighted by Gasteiger charge is 2.65. The van der Waals surface area contributed by atoms with E-state index in [1.54, 1.807) is 30.0 Å². The van der Waals surface area contributed by atoms with Crippen molar-refractivity contribution >= 4 is 46.6 Å². The fourth-order valence-corrected chi connectivity index (χ4v) is 5.95. The third kappa shape index (κ3) is 2.83. The van der Waals surface area contributed by atoms with E-state index in [9.17, 15) is 9.59 Å². The van der Waals surface area contributed by atoms with Gasteiger partial charge in [-0.3, -0.25) is 9.59 Å². The molecule has 2 aromatic carbocycles. The van der Waals surface area contributed by atoms with Crippen molar-refractivity contribution in [3.63, 3.8) is 0 Å². The second-order valence-corrected chi connectivity index (χ2v) is 8.39. The lowest BCUT2D eigenvalue weighted by Gasteiger charge is -2.33. The lowest BCUT2D eigenvalue weighted by molar-refractivity contribution is -0.151. The molecule has 2 aliphatic rings. The molecule has 0 N–H and O–H groups in total. The number of rotatable bonds is 3. The van der Waals surface area contributed by atoms with Crippen LogP contribution in [0, 0.1) is 5.41 Å². The molecule has 4 rings (SSSR count). The zero-order valence-corrected chi connectivity index (χ0v) is 17.0. The van der Waals surface area contributed by atoms with Gasteiger partial charge in [0.2, 0.25) is 0 Å². The van der Waals surface area contributed by atoms with Crippen LogP contribution in [0.4, 0.5) is 5.69 Å². The van der Waals surface area contributed by atoms with E-state index < -0.39 is 17.5 Å². The van der Waals surface area contributed by atoms with Crippen molar-refractivity contribution in [2.45, 2.75) is 25.2 Å². The first kappa shape index (κ1) is 19.0. The summed E-state index contributed by atoms with van der Waals surface area (Å²) in [6.07, 6.45) is -0.594. The monoisotopic (exact) mass is 414 g/mol. The number of esters is 1. The maximum Gasteiger partial charge on any atom is 0.302 e. The molecule has 5 nitrogen and oxygen atoms in total. The van der Waals surface area contributed by atoms with Gasteiger partial charge in [-0.25, -0.2) is 0 Å². The summed E-state index contributed by atoms with van der Waals surface area (Å²) in [6, 6.07) is 16.9. The topological polar surface area (TPSA) is 59.0 Å². The number of carbonyl (C=O) groups is 2. The molecule has 1 spiro atoms. The van der Waals surface area contributed by atoms with E-state index in [2.05, 4.69) is 5.10 Å². The largest absolute Gasteiger partial charge is 0.460 e. The van der Waals surface area contributed by atoms with Crippen LogP contribution in [0.1, 0.15) is 24.7 Å². The first-order valence-electron chi connectivity index (χ1n) is 8.94. The van der Waals surface area contributed by atoms with Crippen LogP contribution in [0.15, 0.2) is 59.7 Å². The predicted octanol–water partition coefficient (Wildman–Crippen LogP) is 4.47. The molecule has 0 aliphatic carbocycles. The number of benzene rings is 2. The number of anilines is 1. The van der Waals surface area contributed by atoms with Crippen molar-refractivity contribution < 1.29 is 14.3 Å². The number of hydrogen-bond acceptors (Lipinski definition) is 5. The van der Waals surface area contributed by atoms with Gasteiger partial charge in [-0.1, -0.05) is 54.1 Å². The highest BCUT2D eigenvalue weighted by atomic mass is 35.5.